The van der Waals surface area contributed by atoms with Crippen molar-refractivity contribution in [1.82, 2.24) is 0 Å². The molecule has 0 aliphatic heterocycles. The Morgan fingerprint density at radius 2 is 1.95 bits per heavy atom. The third kappa shape index (κ3) is 3.19. The summed E-state index contributed by atoms with van der Waals surface area (Å²) < 4.78 is 0.904. The minimum absolute atomic E-state index is 0.147. The van der Waals surface area contributed by atoms with Gasteiger partial charge in [0.15, 0.2) is 0 Å². The third-order valence-electron chi connectivity index (χ3n) is 3.06. The molecule has 0 radical (unpaired) electrons. The lowest BCUT2D eigenvalue weighted by atomic mass is 10.1. The molecule has 2 nitrogen and oxygen atoms in total. The summed E-state index contributed by atoms with van der Waals surface area (Å²) in [6, 6.07) is 11.2. The van der Waals surface area contributed by atoms with Crippen LogP contribution in [-0.4, -0.2) is 5.91 Å². The van der Waals surface area contributed by atoms with E-state index in [0.29, 0.717) is 10.5 Å². The molecule has 0 fully saturated rings. The van der Waals surface area contributed by atoms with Gasteiger partial charge in [0.05, 0.1) is 5.56 Å². The number of carbonyl (C=O) groups is 1. The van der Waals surface area contributed by atoms with Crippen molar-refractivity contribution < 1.29 is 4.79 Å². The third-order valence-corrected chi connectivity index (χ3v) is 3.92. The van der Waals surface area contributed by atoms with E-state index in [0.717, 1.165) is 21.3 Å². The zero-order chi connectivity index (χ0) is 14.0. The van der Waals surface area contributed by atoms with Gasteiger partial charge in [0.1, 0.15) is 0 Å². The topological polar surface area (TPSA) is 29.1 Å². The molecule has 0 aromatic heterocycles. The van der Waals surface area contributed by atoms with Gasteiger partial charge in [0, 0.05) is 15.1 Å². The Balaban J connectivity index is 2.28. The molecule has 0 unspecified atom stereocenters. The van der Waals surface area contributed by atoms with Gasteiger partial charge in [-0.1, -0.05) is 28.1 Å². The second kappa shape index (κ2) is 5.80. The van der Waals surface area contributed by atoms with E-state index < -0.39 is 0 Å². The number of anilines is 1. The van der Waals surface area contributed by atoms with Crippen molar-refractivity contribution in [2.24, 2.45) is 0 Å². The van der Waals surface area contributed by atoms with Gasteiger partial charge in [-0.15, -0.1) is 12.6 Å². The maximum atomic E-state index is 12.2. The van der Waals surface area contributed by atoms with E-state index in [1.54, 1.807) is 12.1 Å². The Labute approximate surface area is 126 Å². The molecule has 2 aromatic carbocycles. The first-order chi connectivity index (χ1) is 8.99. The maximum Gasteiger partial charge on any atom is 0.256 e. The molecule has 0 aliphatic rings. The van der Waals surface area contributed by atoms with E-state index in [1.807, 2.05) is 38.1 Å². The molecule has 0 aliphatic carbocycles. The average Bonchev–Trinajstić information content (AvgIpc) is 2.34. The van der Waals surface area contributed by atoms with Crippen molar-refractivity contribution in [2.75, 3.05) is 5.32 Å². The highest BCUT2D eigenvalue weighted by atomic mass is 79.9. The first-order valence-corrected chi connectivity index (χ1v) is 7.09. The Bertz CT molecular complexity index is 640. The summed E-state index contributed by atoms with van der Waals surface area (Å²) in [4.78, 5) is 12.9. The van der Waals surface area contributed by atoms with Gasteiger partial charge in [0.2, 0.25) is 0 Å². The van der Waals surface area contributed by atoms with Crippen LogP contribution in [0, 0.1) is 13.8 Å². The fourth-order valence-corrected chi connectivity index (χ4v) is 2.63. The Morgan fingerprint density at radius 1 is 1.21 bits per heavy atom. The summed E-state index contributed by atoms with van der Waals surface area (Å²) in [5.41, 5.74) is 3.63. The van der Waals surface area contributed by atoms with Crippen molar-refractivity contribution in [3.8, 4) is 0 Å². The molecule has 1 amide bonds. The number of benzene rings is 2. The lowest BCUT2D eigenvalue weighted by Gasteiger charge is -2.11. The number of aryl methyl sites for hydroxylation is 1. The van der Waals surface area contributed by atoms with Crippen molar-refractivity contribution in [1.29, 1.82) is 0 Å². The van der Waals surface area contributed by atoms with Crippen molar-refractivity contribution in [3.63, 3.8) is 0 Å². The highest BCUT2D eigenvalue weighted by molar-refractivity contribution is 9.10. The molecule has 0 spiro atoms. The van der Waals surface area contributed by atoms with E-state index in [2.05, 4.69) is 33.9 Å². The van der Waals surface area contributed by atoms with Crippen LogP contribution in [0.5, 0.6) is 0 Å². The van der Waals surface area contributed by atoms with Gasteiger partial charge >= 0.3 is 0 Å². The monoisotopic (exact) mass is 335 g/mol. The Kier molecular flexibility index (Phi) is 4.32. The van der Waals surface area contributed by atoms with Crippen LogP contribution in [0.4, 0.5) is 5.69 Å². The standard InChI is InChI=1S/C15H14BrNOS/c1-9-4-3-5-13(10(9)2)17-15(18)12-7-6-11(16)8-14(12)19/h3-8,19H,1-2H3,(H,17,18). The molecule has 0 atom stereocenters. The normalized spacial score (nSPS) is 10.3. The number of hydrogen-bond acceptors (Lipinski definition) is 2. The number of thiol groups is 1. The van der Waals surface area contributed by atoms with Crippen LogP contribution < -0.4 is 5.32 Å². The Morgan fingerprint density at radius 3 is 2.63 bits per heavy atom. The molecule has 4 heteroatoms. The Hall–Kier alpha value is -1.26. The minimum Gasteiger partial charge on any atom is -0.322 e. The molecule has 19 heavy (non-hydrogen) atoms. The number of rotatable bonds is 2. The number of nitrogens with one attached hydrogen (secondary N) is 1. The van der Waals surface area contributed by atoms with Crippen molar-refractivity contribution in [2.45, 2.75) is 18.7 Å². The van der Waals surface area contributed by atoms with E-state index in [-0.39, 0.29) is 5.91 Å². The van der Waals surface area contributed by atoms with Gasteiger partial charge in [-0.25, -0.2) is 0 Å². The highest BCUT2D eigenvalue weighted by Crippen LogP contribution is 2.23. The first kappa shape index (κ1) is 14.2. The predicted octanol–water partition coefficient (Wildman–Crippen LogP) is 4.61. The predicted molar refractivity (Wildman–Crippen MR) is 85.3 cm³/mol. The molecule has 98 valence electrons. The fourth-order valence-electron chi connectivity index (χ4n) is 1.77. The zero-order valence-electron chi connectivity index (χ0n) is 10.7. The average molecular weight is 336 g/mol. The largest absolute Gasteiger partial charge is 0.322 e. The molecular weight excluding hydrogens is 322 g/mol. The number of halogens is 1. The fraction of sp³-hybridized carbons (Fsp3) is 0.133. The van der Waals surface area contributed by atoms with Crippen molar-refractivity contribution in [3.05, 3.63) is 57.6 Å². The second-order valence-corrected chi connectivity index (χ2v) is 5.76. The summed E-state index contributed by atoms with van der Waals surface area (Å²) in [6.07, 6.45) is 0. The molecule has 0 heterocycles. The van der Waals surface area contributed by atoms with Gasteiger partial charge in [-0.2, -0.15) is 0 Å². The van der Waals surface area contributed by atoms with Crippen LogP contribution in [0.2, 0.25) is 0 Å². The van der Waals surface area contributed by atoms with Gasteiger partial charge in [-0.05, 0) is 49.2 Å². The lowest BCUT2D eigenvalue weighted by molar-refractivity contribution is 0.102. The summed E-state index contributed by atoms with van der Waals surface area (Å²) in [5.74, 6) is -0.147. The summed E-state index contributed by atoms with van der Waals surface area (Å²) in [7, 11) is 0. The molecular formula is C15H14BrNOS. The van der Waals surface area contributed by atoms with Crippen LogP contribution in [0.15, 0.2) is 45.8 Å². The lowest BCUT2D eigenvalue weighted by Crippen LogP contribution is -2.13. The molecule has 2 rings (SSSR count). The smallest absolute Gasteiger partial charge is 0.256 e. The summed E-state index contributed by atoms with van der Waals surface area (Å²) in [5, 5.41) is 2.92. The molecule has 0 bridgehead atoms. The zero-order valence-corrected chi connectivity index (χ0v) is 13.2. The minimum atomic E-state index is -0.147. The van der Waals surface area contributed by atoms with Crippen LogP contribution in [0.1, 0.15) is 21.5 Å². The number of amides is 1. The number of hydrogen-bond donors (Lipinski definition) is 2. The highest BCUT2D eigenvalue weighted by Gasteiger charge is 2.11. The molecule has 2 aromatic rings. The molecule has 0 saturated carbocycles. The number of carbonyl (C=O) groups excluding carboxylic acids is 1. The van der Waals surface area contributed by atoms with Gasteiger partial charge in [-0.3, -0.25) is 4.79 Å². The SMILES string of the molecule is Cc1cccc(NC(=O)c2ccc(Br)cc2S)c1C. The quantitative estimate of drug-likeness (QED) is 0.771. The van der Waals surface area contributed by atoms with Crippen LogP contribution in [0.3, 0.4) is 0 Å². The summed E-state index contributed by atoms with van der Waals surface area (Å²) >= 11 is 7.68. The molecule has 0 saturated heterocycles. The van der Waals surface area contributed by atoms with Gasteiger partial charge < -0.3 is 5.32 Å². The first-order valence-electron chi connectivity index (χ1n) is 5.85. The maximum absolute atomic E-state index is 12.2. The van der Waals surface area contributed by atoms with E-state index in [1.165, 1.54) is 0 Å². The van der Waals surface area contributed by atoms with Crippen molar-refractivity contribution >= 4 is 40.2 Å². The van der Waals surface area contributed by atoms with E-state index in [4.69, 9.17) is 0 Å². The van der Waals surface area contributed by atoms with Crippen LogP contribution >= 0.6 is 28.6 Å². The van der Waals surface area contributed by atoms with E-state index >= 15 is 0 Å². The van der Waals surface area contributed by atoms with Crippen LogP contribution in [-0.2, 0) is 0 Å². The van der Waals surface area contributed by atoms with E-state index in [9.17, 15) is 4.79 Å². The second-order valence-electron chi connectivity index (χ2n) is 4.36. The van der Waals surface area contributed by atoms with Gasteiger partial charge in [0.25, 0.3) is 5.91 Å². The molecule has 1 N–H and O–H groups in total. The van der Waals surface area contributed by atoms with Crippen LogP contribution in [0.25, 0.3) is 0 Å². The summed E-state index contributed by atoms with van der Waals surface area (Å²) in [6.45, 7) is 4.02.